The first kappa shape index (κ1) is 13.5. The minimum absolute atomic E-state index is 0.0878. The number of anilines is 1. The lowest BCUT2D eigenvalue weighted by atomic mass is 10.1. The molecule has 3 nitrogen and oxygen atoms in total. The Kier molecular flexibility index (Phi) is 3.57. The fraction of sp³-hybridized carbons (Fsp3) is 0.143. The molecule has 0 saturated heterocycles. The Hall–Kier alpha value is -1.88. The standard InChI is InChI=1S/C14H14FNO2S/c1-10-5-3-6-11(2)14(10)16-19(17,18)13-8-4-7-12(15)9-13/h3-9,16H,1-2H3. The highest BCUT2D eigenvalue weighted by Crippen LogP contribution is 2.23. The van der Waals surface area contributed by atoms with Crippen LogP contribution in [0.2, 0.25) is 0 Å². The summed E-state index contributed by atoms with van der Waals surface area (Å²) >= 11 is 0. The van der Waals surface area contributed by atoms with Crippen molar-refractivity contribution in [2.45, 2.75) is 18.7 Å². The highest BCUT2D eigenvalue weighted by atomic mass is 32.2. The predicted octanol–water partition coefficient (Wildman–Crippen LogP) is 3.24. The van der Waals surface area contributed by atoms with Crippen LogP contribution in [0.3, 0.4) is 0 Å². The molecule has 0 saturated carbocycles. The molecule has 2 aromatic rings. The molecule has 2 aromatic carbocycles. The second-order valence-corrected chi connectivity index (χ2v) is 6.01. The predicted molar refractivity (Wildman–Crippen MR) is 73.1 cm³/mol. The Morgan fingerprint density at radius 3 is 2.16 bits per heavy atom. The van der Waals surface area contributed by atoms with Gasteiger partial charge in [-0.15, -0.1) is 0 Å². The minimum Gasteiger partial charge on any atom is -0.279 e. The van der Waals surface area contributed by atoms with Gasteiger partial charge >= 0.3 is 0 Å². The van der Waals surface area contributed by atoms with E-state index in [4.69, 9.17) is 0 Å². The molecule has 0 aliphatic heterocycles. The Bertz CT molecular complexity index is 691. The van der Waals surface area contributed by atoms with E-state index >= 15 is 0 Å². The molecule has 0 aliphatic carbocycles. The van der Waals surface area contributed by atoms with Crippen LogP contribution < -0.4 is 4.72 Å². The largest absolute Gasteiger partial charge is 0.279 e. The van der Waals surface area contributed by atoms with Crippen molar-refractivity contribution in [1.82, 2.24) is 0 Å². The van der Waals surface area contributed by atoms with Crippen LogP contribution >= 0.6 is 0 Å². The maximum Gasteiger partial charge on any atom is 0.262 e. The number of rotatable bonds is 3. The van der Waals surface area contributed by atoms with E-state index in [0.717, 1.165) is 17.2 Å². The van der Waals surface area contributed by atoms with Gasteiger partial charge in [-0.1, -0.05) is 24.3 Å². The van der Waals surface area contributed by atoms with E-state index in [1.54, 1.807) is 0 Å². The molecule has 0 unspecified atom stereocenters. The van der Waals surface area contributed by atoms with Crippen molar-refractivity contribution in [1.29, 1.82) is 0 Å². The summed E-state index contributed by atoms with van der Waals surface area (Å²) in [4.78, 5) is -0.0878. The second kappa shape index (κ2) is 5.01. The third kappa shape index (κ3) is 2.93. The van der Waals surface area contributed by atoms with Gasteiger partial charge in [0.15, 0.2) is 0 Å². The van der Waals surface area contributed by atoms with Crippen LogP contribution in [-0.2, 0) is 10.0 Å². The fourth-order valence-corrected chi connectivity index (χ4v) is 3.04. The molecule has 0 amide bonds. The molecule has 2 rings (SSSR count). The lowest BCUT2D eigenvalue weighted by molar-refractivity contribution is 0.595. The molecular weight excluding hydrogens is 265 g/mol. The quantitative estimate of drug-likeness (QED) is 0.937. The third-order valence-electron chi connectivity index (χ3n) is 2.82. The molecule has 0 atom stereocenters. The SMILES string of the molecule is Cc1cccc(C)c1NS(=O)(=O)c1cccc(F)c1. The zero-order chi connectivity index (χ0) is 14.0. The van der Waals surface area contributed by atoms with Crippen LogP contribution in [-0.4, -0.2) is 8.42 Å². The summed E-state index contributed by atoms with van der Waals surface area (Å²) in [7, 11) is -3.77. The Balaban J connectivity index is 2.42. The lowest BCUT2D eigenvalue weighted by Gasteiger charge is -2.13. The van der Waals surface area contributed by atoms with Crippen molar-refractivity contribution in [2.75, 3.05) is 4.72 Å². The zero-order valence-corrected chi connectivity index (χ0v) is 11.5. The van der Waals surface area contributed by atoms with Gasteiger partial charge in [-0.3, -0.25) is 4.72 Å². The van der Waals surface area contributed by atoms with Crippen LogP contribution in [0, 0.1) is 19.7 Å². The summed E-state index contributed by atoms with van der Waals surface area (Å²) in [5, 5.41) is 0. The first-order valence-corrected chi connectivity index (χ1v) is 7.23. The summed E-state index contributed by atoms with van der Waals surface area (Å²) in [6, 6.07) is 10.4. The third-order valence-corrected chi connectivity index (χ3v) is 4.17. The maximum atomic E-state index is 13.1. The fourth-order valence-electron chi connectivity index (χ4n) is 1.80. The zero-order valence-electron chi connectivity index (χ0n) is 10.6. The average molecular weight is 279 g/mol. The number of hydrogen-bond acceptors (Lipinski definition) is 2. The number of sulfonamides is 1. The molecule has 0 heterocycles. The summed E-state index contributed by atoms with van der Waals surface area (Å²) < 4.78 is 40.0. The van der Waals surface area contributed by atoms with Crippen molar-refractivity contribution >= 4 is 15.7 Å². The van der Waals surface area contributed by atoms with E-state index in [0.29, 0.717) is 5.69 Å². The van der Waals surface area contributed by atoms with Crippen LogP contribution in [0.5, 0.6) is 0 Å². The number of para-hydroxylation sites is 1. The number of benzene rings is 2. The van der Waals surface area contributed by atoms with Crippen LogP contribution in [0.4, 0.5) is 10.1 Å². The highest BCUT2D eigenvalue weighted by molar-refractivity contribution is 7.92. The van der Waals surface area contributed by atoms with Gasteiger partial charge in [-0.2, -0.15) is 0 Å². The van der Waals surface area contributed by atoms with Crippen LogP contribution in [0.1, 0.15) is 11.1 Å². The van der Waals surface area contributed by atoms with Gasteiger partial charge in [0, 0.05) is 0 Å². The van der Waals surface area contributed by atoms with Gasteiger partial charge in [0.05, 0.1) is 10.6 Å². The van der Waals surface area contributed by atoms with E-state index in [9.17, 15) is 12.8 Å². The molecule has 0 aliphatic rings. The molecule has 0 bridgehead atoms. The summed E-state index contributed by atoms with van der Waals surface area (Å²) in [5.41, 5.74) is 2.17. The topological polar surface area (TPSA) is 46.2 Å². The van der Waals surface area contributed by atoms with Crippen molar-refractivity contribution in [3.63, 3.8) is 0 Å². The van der Waals surface area contributed by atoms with Crippen LogP contribution in [0.15, 0.2) is 47.4 Å². The van der Waals surface area contributed by atoms with Gasteiger partial charge in [-0.25, -0.2) is 12.8 Å². The lowest BCUT2D eigenvalue weighted by Crippen LogP contribution is -2.14. The number of nitrogens with one attached hydrogen (secondary N) is 1. The first-order valence-electron chi connectivity index (χ1n) is 5.75. The summed E-state index contributed by atoms with van der Waals surface area (Å²) in [6.07, 6.45) is 0. The number of halogens is 1. The Morgan fingerprint density at radius 2 is 1.58 bits per heavy atom. The normalized spacial score (nSPS) is 11.3. The number of aryl methyl sites for hydroxylation is 2. The van der Waals surface area contributed by atoms with Gasteiger partial charge in [0.2, 0.25) is 0 Å². The van der Waals surface area contributed by atoms with E-state index in [2.05, 4.69) is 4.72 Å². The van der Waals surface area contributed by atoms with Gasteiger partial charge in [-0.05, 0) is 43.2 Å². The van der Waals surface area contributed by atoms with Gasteiger partial charge in [0.25, 0.3) is 10.0 Å². The molecule has 0 fully saturated rings. The van der Waals surface area contributed by atoms with E-state index in [-0.39, 0.29) is 4.90 Å². The molecular formula is C14H14FNO2S. The van der Waals surface area contributed by atoms with Crippen molar-refractivity contribution < 1.29 is 12.8 Å². The van der Waals surface area contributed by atoms with Crippen LogP contribution in [0.25, 0.3) is 0 Å². The van der Waals surface area contributed by atoms with Crippen molar-refractivity contribution in [2.24, 2.45) is 0 Å². The Labute approximate surface area is 112 Å². The monoisotopic (exact) mass is 279 g/mol. The number of hydrogen-bond donors (Lipinski definition) is 1. The Morgan fingerprint density at radius 1 is 1.00 bits per heavy atom. The molecule has 100 valence electrons. The molecule has 0 spiro atoms. The van der Waals surface area contributed by atoms with Crippen molar-refractivity contribution in [3.8, 4) is 0 Å². The van der Waals surface area contributed by atoms with E-state index in [1.807, 2.05) is 32.0 Å². The maximum absolute atomic E-state index is 13.1. The molecule has 1 N–H and O–H groups in total. The minimum atomic E-state index is -3.77. The summed E-state index contributed by atoms with van der Waals surface area (Å²) in [6.45, 7) is 3.63. The van der Waals surface area contributed by atoms with E-state index < -0.39 is 15.8 Å². The van der Waals surface area contributed by atoms with Gasteiger partial charge in [0.1, 0.15) is 5.82 Å². The van der Waals surface area contributed by atoms with E-state index in [1.165, 1.54) is 18.2 Å². The first-order chi connectivity index (χ1) is 8.90. The average Bonchev–Trinajstić information content (AvgIpc) is 2.34. The summed E-state index contributed by atoms with van der Waals surface area (Å²) in [5.74, 6) is -0.579. The van der Waals surface area contributed by atoms with Gasteiger partial charge < -0.3 is 0 Å². The second-order valence-electron chi connectivity index (χ2n) is 4.33. The molecule has 19 heavy (non-hydrogen) atoms. The highest BCUT2D eigenvalue weighted by Gasteiger charge is 2.16. The molecule has 5 heteroatoms. The molecule has 0 radical (unpaired) electrons. The smallest absolute Gasteiger partial charge is 0.262 e. The molecule has 0 aromatic heterocycles. The van der Waals surface area contributed by atoms with Crippen molar-refractivity contribution in [3.05, 3.63) is 59.4 Å².